The first-order valence-electron chi connectivity index (χ1n) is 8.49. The first kappa shape index (κ1) is 21.5. The molecular formula is C18H36O2. The van der Waals surface area contributed by atoms with E-state index < -0.39 is 5.97 Å². The molecule has 0 aromatic heterocycles. The standard InChI is InChI=1S/C16H32.C2H4O2/c1-3-5-7-9-11-13-15-16-14-12-10-8-6-4-2;1-2(3)4/h9,11H,3-8,10,12-16H2,1-2H3;1H3,(H,3,4)/b11-9-;. The highest BCUT2D eigenvalue weighted by Gasteiger charge is 1.90. The zero-order chi connectivity index (χ0) is 15.5. The van der Waals surface area contributed by atoms with Crippen molar-refractivity contribution in [2.75, 3.05) is 0 Å². The van der Waals surface area contributed by atoms with Gasteiger partial charge in [0.1, 0.15) is 0 Å². The second kappa shape index (κ2) is 20.5. The van der Waals surface area contributed by atoms with E-state index in [0.29, 0.717) is 0 Å². The Hall–Kier alpha value is -0.790. The van der Waals surface area contributed by atoms with E-state index in [4.69, 9.17) is 9.90 Å². The Morgan fingerprint density at radius 3 is 1.55 bits per heavy atom. The van der Waals surface area contributed by atoms with Crippen molar-refractivity contribution in [1.82, 2.24) is 0 Å². The summed E-state index contributed by atoms with van der Waals surface area (Å²) >= 11 is 0. The Kier molecular flexibility index (Phi) is 22.1. The van der Waals surface area contributed by atoms with Crippen molar-refractivity contribution in [2.45, 2.75) is 97.8 Å². The number of carboxylic acids is 1. The van der Waals surface area contributed by atoms with E-state index in [1.54, 1.807) is 0 Å². The molecule has 0 aliphatic rings. The van der Waals surface area contributed by atoms with Crippen LogP contribution in [0.3, 0.4) is 0 Å². The molecule has 0 heterocycles. The largest absolute Gasteiger partial charge is 0.481 e. The molecule has 0 rings (SSSR count). The number of aliphatic carboxylic acids is 1. The molecule has 0 aliphatic heterocycles. The number of hydrogen-bond donors (Lipinski definition) is 1. The summed E-state index contributed by atoms with van der Waals surface area (Å²) in [7, 11) is 0. The Morgan fingerprint density at radius 1 is 0.750 bits per heavy atom. The normalized spacial score (nSPS) is 10.3. The number of unbranched alkanes of at least 4 members (excludes halogenated alkanes) is 10. The summed E-state index contributed by atoms with van der Waals surface area (Å²) in [6.07, 6.45) is 21.5. The molecular weight excluding hydrogens is 248 g/mol. The molecule has 0 aromatic carbocycles. The molecule has 0 atom stereocenters. The van der Waals surface area contributed by atoms with Crippen LogP contribution in [0, 0.1) is 0 Å². The summed E-state index contributed by atoms with van der Waals surface area (Å²) in [5.41, 5.74) is 0. The summed E-state index contributed by atoms with van der Waals surface area (Å²) in [5.74, 6) is -0.833. The van der Waals surface area contributed by atoms with Gasteiger partial charge in [0.15, 0.2) is 0 Å². The third-order valence-corrected chi connectivity index (χ3v) is 3.12. The van der Waals surface area contributed by atoms with E-state index in [2.05, 4.69) is 26.0 Å². The van der Waals surface area contributed by atoms with Gasteiger partial charge >= 0.3 is 0 Å². The van der Waals surface area contributed by atoms with Crippen molar-refractivity contribution >= 4 is 5.97 Å². The molecule has 0 radical (unpaired) electrons. The number of carbonyl (C=O) groups is 1. The van der Waals surface area contributed by atoms with Crippen LogP contribution in [-0.2, 0) is 4.79 Å². The zero-order valence-electron chi connectivity index (χ0n) is 14.0. The van der Waals surface area contributed by atoms with Gasteiger partial charge in [-0.05, 0) is 19.3 Å². The van der Waals surface area contributed by atoms with Gasteiger partial charge in [-0.15, -0.1) is 0 Å². The van der Waals surface area contributed by atoms with Crippen molar-refractivity contribution < 1.29 is 9.90 Å². The summed E-state index contributed by atoms with van der Waals surface area (Å²) in [4.78, 5) is 9.00. The topological polar surface area (TPSA) is 37.3 Å². The molecule has 0 saturated carbocycles. The molecule has 0 fully saturated rings. The van der Waals surface area contributed by atoms with Gasteiger partial charge in [0, 0.05) is 6.92 Å². The van der Waals surface area contributed by atoms with Crippen molar-refractivity contribution in [3.8, 4) is 0 Å². The van der Waals surface area contributed by atoms with Gasteiger partial charge in [-0.1, -0.05) is 83.8 Å². The summed E-state index contributed by atoms with van der Waals surface area (Å²) in [5, 5.41) is 7.42. The lowest BCUT2D eigenvalue weighted by molar-refractivity contribution is -0.134. The maximum absolute atomic E-state index is 9.00. The van der Waals surface area contributed by atoms with Gasteiger partial charge in [0.05, 0.1) is 0 Å². The predicted molar refractivity (Wildman–Crippen MR) is 89.2 cm³/mol. The Bertz CT molecular complexity index is 205. The SMILES string of the molecule is CC(=O)O.CCCC/C=C\CCCCCCCCCC. The maximum atomic E-state index is 9.00. The lowest BCUT2D eigenvalue weighted by Gasteiger charge is -1.99. The third kappa shape index (κ3) is 30.3. The molecule has 0 aliphatic carbocycles. The number of allylic oxidation sites excluding steroid dienone is 2. The highest BCUT2D eigenvalue weighted by molar-refractivity contribution is 5.62. The van der Waals surface area contributed by atoms with Gasteiger partial charge in [0.2, 0.25) is 0 Å². The molecule has 0 bridgehead atoms. The second-order valence-corrected chi connectivity index (χ2v) is 5.40. The molecule has 0 saturated heterocycles. The van der Waals surface area contributed by atoms with Crippen LogP contribution in [-0.4, -0.2) is 11.1 Å². The van der Waals surface area contributed by atoms with Crippen LogP contribution in [0.5, 0.6) is 0 Å². The second-order valence-electron chi connectivity index (χ2n) is 5.40. The molecule has 2 heteroatoms. The fraction of sp³-hybridized carbons (Fsp3) is 0.833. The van der Waals surface area contributed by atoms with Crippen LogP contribution in [0.2, 0.25) is 0 Å². The van der Waals surface area contributed by atoms with Crippen LogP contribution < -0.4 is 0 Å². The fourth-order valence-electron chi connectivity index (χ4n) is 1.95. The third-order valence-electron chi connectivity index (χ3n) is 3.12. The summed E-state index contributed by atoms with van der Waals surface area (Å²) < 4.78 is 0. The molecule has 0 amide bonds. The fourth-order valence-corrected chi connectivity index (χ4v) is 1.95. The number of carboxylic acid groups (broad SMARTS) is 1. The smallest absolute Gasteiger partial charge is 0.300 e. The molecule has 0 aromatic rings. The molecule has 0 unspecified atom stereocenters. The van der Waals surface area contributed by atoms with E-state index >= 15 is 0 Å². The number of hydrogen-bond acceptors (Lipinski definition) is 1. The zero-order valence-corrected chi connectivity index (χ0v) is 14.0. The van der Waals surface area contributed by atoms with E-state index in [-0.39, 0.29) is 0 Å². The Labute approximate surface area is 126 Å². The van der Waals surface area contributed by atoms with Crippen molar-refractivity contribution in [1.29, 1.82) is 0 Å². The monoisotopic (exact) mass is 284 g/mol. The Morgan fingerprint density at radius 2 is 1.10 bits per heavy atom. The minimum Gasteiger partial charge on any atom is -0.481 e. The average Bonchev–Trinajstić information content (AvgIpc) is 2.39. The van der Waals surface area contributed by atoms with Crippen molar-refractivity contribution in [2.24, 2.45) is 0 Å². The predicted octanol–water partition coefficient (Wildman–Crippen LogP) is 6.35. The van der Waals surface area contributed by atoms with E-state index in [0.717, 1.165) is 6.92 Å². The lowest BCUT2D eigenvalue weighted by Crippen LogP contribution is -1.80. The van der Waals surface area contributed by atoms with Crippen LogP contribution in [0.1, 0.15) is 97.8 Å². The first-order chi connectivity index (χ1) is 9.65. The van der Waals surface area contributed by atoms with Gasteiger partial charge in [-0.3, -0.25) is 4.79 Å². The van der Waals surface area contributed by atoms with Crippen LogP contribution in [0.25, 0.3) is 0 Å². The quantitative estimate of drug-likeness (QED) is 0.334. The van der Waals surface area contributed by atoms with E-state index in [9.17, 15) is 0 Å². The first-order valence-corrected chi connectivity index (χ1v) is 8.49. The summed E-state index contributed by atoms with van der Waals surface area (Å²) in [6.45, 7) is 5.62. The van der Waals surface area contributed by atoms with Crippen molar-refractivity contribution in [3.63, 3.8) is 0 Å². The highest BCUT2D eigenvalue weighted by atomic mass is 16.4. The minimum absolute atomic E-state index is 0.833. The van der Waals surface area contributed by atoms with Crippen LogP contribution in [0.15, 0.2) is 12.2 Å². The van der Waals surface area contributed by atoms with Crippen molar-refractivity contribution in [3.05, 3.63) is 12.2 Å². The molecule has 20 heavy (non-hydrogen) atoms. The van der Waals surface area contributed by atoms with Crippen LogP contribution in [0.4, 0.5) is 0 Å². The molecule has 2 nitrogen and oxygen atoms in total. The van der Waals surface area contributed by atoms with E-state index in [1.807, 2.05) is 0 Å². The summed E-state index contributed by atoms with van der Waals surface area (Å²) in [6, 6.07) is 0. The number of rotatable bonds is 12. The molecule has 120 valence electrons. The van der Waals surface area contributed by atoms with Gasteiger partial charge in [-0.25, -0.2) is 0 Å². The maximum Gasteiger partial charge on any atom is 0.300 e. The van der Waals surface area contributed by atoms with Gasteiger partial charge in [0.25, 0.3) is 5.97 Å². The van der Waals surface area contributed by atoms with E-state index in [1.165, 1.54) is 77.0 Å². The van der Waals surface area contributed by atoms with Crippen LogP contribution >= 0.6 is 0 Å². The molecule has 1 N–H and O–H groups in total. The van der Waals surface area contributed by atoms with Gasteiger partial charge < -0.3 is 5.11 Å². The minimum atomic E-state index is -0.833. The molecule has 0 spiro atoms. The highest BCUT2D eigenvalue weighted by Crippen LogP contribution is 2.09. The Balaban J connectivity index is 0. The lowest BCUT2D eigenvalue weighted by atomic mass is 10.1. The average molecular weight is 284 g/mol. The van der Waals surface area contributed by atoms with Gasteiger partial charge in [-0.2, -0.15) is 0 Å².